The summed E-state index contributed by atoms with van der Waals surface area (Å²) in [6.45, 7) is 1.75. The van der Waals surface area contributed by atoms with Crippen LogP contribution in [0.3, 0.4) is 0 Å². The van der Waals surface area contributed by atoms with Gasteiger partial charge in [0.2, 0.25) is 0 Å². The van der Waals surface area contributed by atoms with E-state index in [-0.39, 0.29) is 11.6 Å². The van der Waals surface area contributed by atoms with Crippen molar-refractivity contribution >= 4 is 23.1 Å². The number of hydrogen-bond donors (Lipinski definition) is 2. The van der Waals surface area contributed by atoms with Crippen LogP contribution in [0, 0.1) is 6.92 Å². The molecule has 3 aromatic rings. The van der Waals surface area contributed by atoms with Gasteiger partial charge < -0.3 is 15.4 Å². The molecule has 1 heterocycles. The number of hydrogen-bond acceptors (Lipinski definition) is 5. The molecule has 0 saturated heterocycles. The van der Waals surface area contributed by atoms with Crippen LogP contribution in [0.1, 0.15) is 16.3 Å². The first-order valence-corrected chi connectivity index (χ1v) is 7.78. The zero-order valence-electron chi connectivity index (χ0n) is 14.0. The van der Waals surface area contributed by atoms with E-state index in [9.17, 15) is 4.79 Å². The molecule has 0 saturated carbocycles. The first-order chi connectivity index (χ1) is 12.2. The molecule has 1 amide bonds. The van der Waals surface area contributed by atoms with E-state index in [0.717, 1.165) is 5.69 Å². The summed E-state index contributed by atoms with van der Waals surface area (Å²) in [6.07, 6.45) is 0. The van der Waals surface area contributed by atoms with Gasteiger partial charge in [0.1, 0.15) is 23.1 Å². The van der Waals surface area contributed by atoms with Gasteiger partial charge in [-0.05, 0) is 31.2 Å². The van der Waals surface area contributed by atoms with Crippen LogP contribution >= 0.6 is 0 Å². The maximum atomic E-state index is 12.6. The molecule has 0 atom stereocenters. The molecular weight excluding hydrogens is 316 g/mol. The summed E-state index contributed by atoms with van der Waals surface area (Å²) < 4.78 is 5.25. The number of nitrogens with one attached hydrogen (secondary N) is 2. The Morgan fingerprint density at radius 1 is 1.00 bits per heavy atom. The lowest BCUT2D eigenvalue weighted by molar-refractivity contribution is 0.102. The number of benzene rings is 2. The fourth-order valence-electron chi connectivity index (χ4n) is 2.35. The Hall–Kier alpha value is -3.41. The highest BCUT2D eigenvalue weighted by atomic mass is 16.5. The number of ether oxygens (including phenoxy) is 1. The Morgan fingerprint density at radius 2 is 1.72 bits per heavy atom. The average Bonchev–Trinajstić information content (AvgIpc) is 2.62. The third kappa shape index (κ3) is 4.11. The molecule has 6 nitrogen and oxygen atoms in total. The monoisotopic (exact) mass is 334 g/mol. The predicted octanol–water partition coefficient (Wildman–Crippen LogP) is 3.79. The highest BCUT2D eigenvalue weighted by molar-refractivity contribution is 6.04. The van der Waals surface area contributed by atoms with Crippen molar-refractivity contribution in [3.63, 3.8) is 0 Å². The average molecular weight is 334 g/mol. The zero-order chi connectivity index (χ0) is 17.6. The second-order valence-corrected chi connectivity index (χ2v) is 5.33. The van der Waals surface area contributed by atoms with E-state index in [2.05, 4.69) is 20.6 Å². The lowest BCUT2D eigenvalue weighted by atomic mass is 10.2. The molecule has 0 unspecified atom stereocenters. The first kappa shape index (κ1) is 16.4. The van der Waals surface area contributed by atoms with Crippen LogP contribution in [0.15, 0.2) is 60.7 Å². The molecule has 3 rings (SSSR count). The highest BCUT2D eigenvalue weighted by Gasteiger charge is 2.13. The summed E-state index contributed by atoms with van der Waals surface area (Å²) in [6, 6.07) is 18.5. The lowest BCUT2D eigenvalue weighted by Crippen LogP contribution is -2.16. The molecule has 0 fully saturated rings. The molecule has 0 bridgehead atoms. The SMILES string of the molecule is COc1ccccc1NC(=O)c1cc(Nc2ccccc2)nc(C)n1. The van der Waals surface area contributed by atoms with Crippen molar-refractivity contribution in [2.24, 2.45) is 0 Å². The lowest BCUT2D eigenvalue weighted by Gasteiger charge is -2.11. The molecular formula is C19H18N4O2. The second kappa shape index (κ2) is 7.44. The molecule has 0 radical (unpaired) electrons. The third-order valence-corrected chi connectivity index (χ3v) is 3.47. The van der Waals surface area contributed by atoms with E-state index in [1.54, 1.807) is 32.2 Å². The fourth-order valence-corrected chi connectivity index (χ4v) is 2.35. The molecule has 1 aromatic heterocycles. The second-order valence-electron chi connectivity index (χ2n) is 5.33. The Balaban J connectivity index is 1.83. The summed E-state index contributed by atoms with van der Waals surface area (Å²) in [5.41, 5.74) is 1.75. The van der Waals surface area contributed by atoms with Gasteiger partial charge in [0, 0.05) is 11.8 Å². The number of aromatic nitrogens is 2. The molecule has 2 aromatic carbocycles. The van der Waals surface area contributed by atoms with Gasteiger partial charge in [0.25, 0.3) is 5.91 Å². The normalized spacial score (nSPS) is 10.2. The highest BCUT2D eigenvalue weighted by Crippen LogP contribution is 2.24. The maximum absolute atomic E-state index is 12.6. The number of rotatable bonds is 5. The number of aryl methyl sites for hydroxylation is 1. The van der Waals surface area contributed by atoms with E-state index in [4.69, 9.17) is 4.74 Å². The summed E-state index contributed by atoms with van der Waals surface area (Å²) in [4.78, 5) is 21.1. The fraction of sp³-hybridized carbons (Fsp3) is 0.105. The molecule has 0 spiro atoms. The van der Waals surface area contributed by atoms with Crippen molar-refractivity contribution in [3.05, 3.63) is 72.2 Å². The topological polar surface area (TPSA) is 76.1 Å². The van der Waals surface area contributed by atoms with Gasteiger partial charge in [-0.3, -0.25) is 4.79 Å². The van der Waals surface area contributed by atoms with Crippen molar-refractivity contribution in [3.8, 4) is 5.75 Å². The standard InChI is InChI=1S/C19H18N4O2/c1-13-20-16(12-18(21-13)22-14-8-4-3-5-9-14)19(24)23-15-10-6-7-11-17(15)25-2/h3-12H,1-2H3,(H,23,24)(H,20,21,22). The molecule has 2 N–H and O–H groups in total. The Morgan fingerprint density at radius 3 is 2.48 bits per heavy atom. The van der Waals surface area contributed by atoms with Crippen molar-refractivity contribution in [2.75, 3.05) is 17.7 Å². The Bertz CT molecular complexity index is 882. The van der Waals surface area contributed by atoms with Gasteiger partial charge >= 0.3 is 0 Å². The molecule has 6 heteroatoms. The number of methoxy groups -OCH3 is 1. The predicted molar refractivity (Wildman–Crippen MR) is 97.4 cm³/mol. The van der Waals surface area contributed by atoms with E-state index in [0.29, 0.717) is 23.1 Å². The van der Waals surface area contributed by atoms with Crippen LogP contribution in [0.5, 0.6) is 5.75 Å². The molecule has 0 aliphatic rings. The Labute approximate surface area is 145 Å². The number of nitrogens with zero attached hydrogens (tertiary/aromatic N) is 2. The van der Waals surface area contributed by atoms with Crippen molar-refractivity contribution in [2.45, 2.75) is 6.92 Å². The van der Waals surface area contributed by atoms with Gasteiger partial charge in [-0.15, -0.1) is 0 Å². The van der Waals surface area contributed by atoms with Gasteiger partial charge in [-0.1, -0.05) is 30.3 Å². The summed E-state index contributed by atoms with van der Waals surface area (Å²) in [7, 11) is 1.56. The van der Waals surface area contributed by atoms with E-state index >= 15 is 0 Å². The minimum atomic E-state index is -0.328. The molecule has 0 aliphatic carbocycles. The van der Waals surface area contributed by atoms with Crippen LogP contribution in [0.25, 0.3) is 0 Å². The van der Waals surface area contributed by atoms with Crippen molar-refractivity contribution < 1.29 is 9.53 Å². The maximum Gasteiger partial charge on any atom is 0.274 e. The summed E-state index contributed by atoms with van der Waals surface area (Å²) in [5, 5.41) is 5.98. The van der Waals surface area contributed by atoms with Gasteiger partial charge in [0.15, 0.2) is 0 Å². The molecule has 25 heavy (non-hydrogen) atoms. The zero-order valence-corrected chi connectivity index (χ0v) is 14.0. The van der Waals surface area contributed by atoms with Crippen LogP contribution < -0.4 is 15.4 Å². The van der Waals surface area contributed by atoms with Crippen LogP contribution in [-0.2, 0) is 0 Å². The number of carbonyl (C=O) groups excluding carboxylic acids is 1. The molecule has 0 aliphatic heterocycles. The van der Waals surface area contributed by atoms with Gasteiger partial charge in [-0.25, -0.2) is 9.97 Å². The Kier molecular flexibility index (Phi) is 4.89. The first-order valence-electron chi connectivity index (χ1n) is 7.78. The number of anilines is 3. The van der Waals surface area contributed by atoms with E-state index in [1.807, 2.05) is 42.5 Å². The van der Waals surface area contributed by atoms with Crippen LogP contribution in [-0.4, -0.2) is 23.0 Å². The smallest absolute Gasteiger partial charge is 0.274 e. The quantitative estimate of drug-likeness (QED) is 0.742. The number of carbonyl (C=O) groups is 1. The van der Waals surface area contributed by atoms with Gasteiger partial charge in [0.05, 0.1) is 12.8 Å². The summed E-state index contributed by atoms with van der Waals surface area (Å²) in [5.74, 6) is 1.32. The third-order valence-electron chi connectivity index (χ3n) is 3.47. The minimum Gasteiger partial charge on any atom is -0.495 e. The number of amides is 1. The van der Waals surface area contributed by atoms with Gasteiger partial charge in [-0.2, -0.15) is 0 Å². The van der Waals surface area contributed by atoms with E-state index in [1.165, 1.54) is 0 Å². The van der Waals surface area contributed by atoms with Crippen LogP contribution in [0.4, 0.5) is 17.2 Å². The van der Waals surface area contributed by atoms with Crippen molar-refractivity contribution in [1.29, 1.82) is 0 Å². The minimum absolute atomic E-state index is 0.275. The number of para-hydroxylation sites is 3. The summed E-state index contributed by atoms with van der Waals surface area (Å²) >= 11 is 0. The largest absolute Gasteiger partial charge is 0.495 e. The van der Waals surface area contributed by atoms with Crippen molar-refractivity contribution in [1.82, 2.24) is 9.97 Å². The van der Waals surface area contributed by atoms with E-state index < -0.39 is 0 Å². The van der Waals surface area contributed by atoms with Crippen LogP contribution in [0.2, 0.25) is 0 Å². The molecule has 126 valence electrons.